The molecule has 0 aliphatic carbocycles. The van der Waals surface area contributed by atoms with Gasteiger partial charge in [0.1, 0.15) is 11.4 Å². The summed E-state index contributed by atoms with van der Waals surface area (Å²) in [5, 5.41) is 3.20. The number of benzene rings is 2. The molecule has 4 rings (SSSR count). The lowest BCUT2D eigenvalue weighted by atomic mass is 10.1. The number of hydrogen-bond donors (Lipinski definition) is 1. The molecule has 2 aromatic carbocycles. The maximum Gasteiger partial charge on any atom is 0.277 e. The minimum absolute atomic E-state index is 0.0882. The van der Waals surface area contributed by atoms with E-state index in [1.165, 1.54) is 5.56 Å². The van der Waals surface area contributed by atoms with Crippen LogP contribution in [0.4, 0.5) is 17.3 Å². The Labute approximate surface area is 170 Å². The molecule has 1 atom stereocenters. The van der Waals surface area contributed by atoms with E-state index in [0.29, 0.717) is 18.2 Å². The van der Waals surface area contributed by atoms with E-state index in [4.69, 9.17) is 4.74 Å². The predicted molar refractivity (Wildman–Crippen MR) is 114 cm³/mol. The summed E-state index contributed by atoms with van der Waals surface area (Å²) in [6.45, 7) is 6.41. The first-order chi connectivity index (χ1) is 14.1. The third kappa shape index (κ3) is 3.78. The molecule has 148 valence electrons. The monoisotopic (exact) mass is 388 g/mol. The Morgan fingerprint density at radius 1 is 1.17 bits per heavy atom. The Morgan fingerprint density at radius 3 is 2.76 bits per heavy atom. The number of nitrogens with one attached hydrogen (secondary N) is 1. The summed E-state index contributed by atoms with van der Waals surface area (Å²) in [6.07, 6.45) is 0.846. The Balaban J connectivity index is 1.65. The van der Waals surface area contributed by atoms with Crippen molar-refractivity contribution in [2.24, 2.45) is 0 Å². The van der Waals surface area contributed by atoms with Gasteiger partial charge in [-0.25, -0.2) is 9.97 Å². The van der Waals surface area contributed by atoms with Crippen LogP contribution in [-0.2, 0) is 6.42 Å². The van der Waals surface area contributed by atoms with Crippen molar-refractivity contribution in [3.63, 3.8) is 0 Å². The lowest BCUT2D eigenvalue weighted by Gasteiger charge is -2.22. The Morgan fingerprint density at radius 2 is 1.93 bits per heavy atom. The van der Waals surface area contributed by atoms with Gasteiger partial charge in [0, 0.05) is 17.4 Å². The number of rotatable bonds is 5. The maximum atomic E-state index is 13.3. The van der Waals surface area contributed by atoms with Crippen LogP contribution in [0.1, 0.15) is 35.6 Å². The molecule has 3 aromatic rings. The lowest BCUT2D eigenvalue weighted by molar-refractivity contribution is 0.0976. The summed E-state index contributed by atoms with van der Waals surface area (Å²) in [5.41, 5.74) is 4.00. The third-order valence-corrected chi connectivity index (χ3v) is 4.93. The summed E-state index contributed by atoms with van der Waals surface area (Å²) >= 11 is 0. The van der Waals surface area contributed by atoms with Crippen LogP contribution in [0.15, 0.2) is 54.6 Å². The summed E-state index contributed by atoms with van der Waals surface area (Å²) < 4.78 is 5.66. The SMILES string of the molecule is CCOc1ccccc1Nc1nc(C)cc(C(=O)N2c3ccccc3CC2C)n1. The van der Waals surface area contributed by atoms with E-state index < -0.39 is 0 Å². The number of hydrogen-bond acceptors (Lipinski definition) is 5. The van der Waals surface area contributed by atoms with Gasteiger partial charge >= 0.3 is 0 Å². The Hall–Kier alpha value is -3.41. The zero-order chi connectivity index (χ0) is 20.4. The van der Waals surface area contributed by atoms with E-state index >= 15 is 0 Å². The molecule has 1 aliphatic heterocycles. The van der Waals surface area contributed by atoms with Crippen LogP contribution in [0.25, 0.3) is 0 Å². The van der Waals surface area contributed by atoms with Crippen molar-refractivity contribution in [3.8, 4) is 5.75 Å². The standard InChI is InChI=1S/C23H24N4O2/c1-4-29-21-12-8-6-10-18(21)25-23-24-15(2)13-19(26-23)22(28)27-16(3)14-17-9-5-7-11-20(17)27/h5-13,16H,4,14H2,1-3H3,(H,24,25,26). The average Bonchev–Trinajstić information content (AvgIpc) is 3.04. The van der Waals surface area contributed by atoms with Gasteiger partial charge in [0.2, 0.25) is 5.95 Å². The molecule has 1 unspecified atom stereocenters. The zero-order valence-corrected chi connectivity index (χ0v) is 16.8. The number of ether oxygens (including phenoxy) is 1. The second-order valence-corrected chi connectivity index (χ2v) is 7.13. The van der Waals surface area contributed by atoms with Gasteiger partial charge in [-0.05, 0) is 57.0 Å². The molecule has 1 N–H and O–H groups in total. The first kappa shape index (κ1) is 18.9. The van der Waals surface area contributed by atoms with E-state index in [-0.39, 0.29) is 11.9 Å². The van der Waals surface area contributed by atoms with Crippen molar-refractivity contribution in [1.29, 1.82) is 0 Å². The van der Waals surface area contributed by atoms with Crippen molar-refractivity contribution in [3.05, 3.63) is 71.5 Å². The van der Waals surface area contributed by atoms with Gasteiger partial charge in [-0.2, -0.15) is 0 Å². The van der Waals surface area contributed by atoms with Crippen molar-refractivity contribution < 1.29 is 9.53 Å². The van der Waals surface area contributed by atoms with Gasteiger partial charge < -0.3 is 15.0 Å². The second-order valence-electron chi connectivity index (χ2n) is 7.13. The summed E-state index contributed by atoms with van der Waals surface area (Å²) in [7, 11) is 0. The molecule has 6 nitrogen and oxygen atoms in total. The number of nitrogens with zero attached hydrogens (tertiary/aromatic N) is 3. The molecule has 0 fully saturated rings. The number of fused-ring (bicyclic) bond motifs is 1. The fourth-order valence-electron chi connectivity index (χ4n) is 3.70. The van der Waals surface area contributed by atoms with Gasteiger partial charge in [-0.1, -0.05) is 30.3 Å². The van der Waals surface area contributed by atoms with E-state index in [0.717, 1.165) is 29.2 Å². The number of aromatic nitrogens is 2. The molecule has 0 radical (unpaired) electrons. The zero-order valence-electron chi connectivity index (χ0n) is 16.8. The number of carbonyl (C=O) groups is 1. The predicted octanol–water partition coefficient (Wildman–Crippen LogP) is 4.52. The van der Waals surface area contributed by atoms with Crippen molar-refractivity contribution in [2.45, 2.75) is 33.2 Å². The van der Waals surface area contributed by atoms with Crippen LogP contribution in [-0.4, -0.2) is 28.5 Å². The highest BCUT2D eigenvalue weighted by molar-refractivity contribution is 6.06. The van der Waals surface area contributed by atoms with Crippen LogP contribution in [0, 0.1) is 6.92 Å². The van der Waals surface area contributed by atoms with Gasteiger partial charge in [0.15, 0.2) is 0 Å². The van der Waals surface area contributed by atoms with Crippen molar-refractivity contribution in [2.75, 3.05) is 16.8 Å². The number of anilines is 3. The lowest BCUT2D eigenvalue weighted by Crippen LogP contribution is -2.36. The summed E-state index contributed by atoms with van der Waals surface area (Å²) in [6, 6.07) is 17.5. The van der Waals surface area contributed by atoms with E-state index in [2.05, 4.69) is 28.3 Å². The normalized spacial score (nSPS) is 15.1. The van der Waals surface area contributed by atoms with E-state index in [9.17, 15) is 4.79 Å². The van der Waals surface area contributed by atoms with Crippen LogP contribution in [0.2, 0.25) is 0 Å². The Kier molecular flexibility index (Phi) is 5.16. The molecule has 2 heterocycles. The number of para-hydroxylation sites is 3. The molecular formula is C23H24N4O2. The number of carbonyl (C=O) groups excluding carboxylic acids is 1. The van der Waals surface area contributed by atoms with Gasteiger partial charge in [0.05, 0.1) is 12.3 Å². The molecule has 0 saturated heterocycles. The molecule has 0 spiro atoms. The second kappa shape index (κ2) is 7.91. The van der Waals surface area contributed by atoms with Crippen LogP contribution >= 0.6 is 0 Å². The van der Waals surface area contributed by atoms with Gasteiger partial charge in [0.25, 0.3) is 5.91 Å². The molecule has 1 aromatic heterocycles. The van der Waals surface area contributed by atoms with Crippen LogP contribution in [0.3, 0.4) is 0 Å². The molecule has 6 heteroatoms. The van der Waals surface area contributed by atoms with E-state index in [1.54, 1.807) is 6.07 Å². The fourth-order valence-corrected chi connectivity index (χ4v) is 3.70. The quantitative estimate of drug-likeness (QED) is 0.696. The highest BCUT2D eigenvalue weighted by Crippen LogP contribution is 2.33. The molecule has 0 saturated carbocycles. The van der Waals surface area contributed by atoms with Crippen LogP contribution in [0.5, 0.6) is 5.75 Å². The Bertz CT molecular complexity index is 1050. The van der Waals surface area contributed by atoms with E-state index in [1.807, 2.05) is 61.2 Å². The molecule has 1 aliphatic rings. The topological polar surface area (TPSA) is 67.3 Å². The smallest absolute Gasteiger partial charge is 0.277 e. The summed E-state index contributed by atoms with van der Waals surface area (Å²) in [4.78, 5) is 24.1. The van der Waals surface area contributed by atoms with Crippen molar-refractivity contribution in [1.82, 2.24) is 9.97 Å². The van der Waals surface area contributed by atoms with Crippen molar-refractivity contribution >= 4 is 23.2 Å². The summed E-state index contributed by atoms with van der Waals surface area (Å²) in [5.74, 6) is 0.977. The number of amides is 1. The van der Waals surface area contributed by atoms with Gasteiger partial charge in [-0.3, -0.25) is 4.79 Å². The molecule has 29 heavy (non-hydrogen) atoms. The average molecular weight is 388 g/mol. The fraction of sp³-hybridized carbons (Fsp3) is 0.261. The molecule has 1 amide bonds. The molecule has 0 bridgehead atoms. The minimum atomic E-state index is -0.117. The van der Waals surface area contributed by atoms with Gasteiger partial charge in [-0.15, -0.1) is 0 Å². The highest BCUT2D eigenvalue weighted by Gasteiger charge is 2.32. The van der Waals surface area contributed by atoms with Crippen LogP contribution < -0.4 is 15.0 Å². The molecular weight excluding hydrogens is 364 g/mol. The minimum Gasteiger partial charge on any atom is -0.492 e. The number of aryl methyl sites for hydroxylation is 1. The first-order valence-electron chi connectivity index (χ1n) is 9.83. The first-order valence-corrected chi connectivity index (χ1v) is 9.83. The largest absolute Gasteiger partial charge is 0.492 e. The third-order valence-electron chi connectivity index (χ3n) is 4.93. The maximum absolute atomic E-state index is 13.3. The highest BCUT2D eigenvalue weighted by atomic mass is 16.5.